The van der Waals surface area contributed by atoms with Crippen LogP contribution in [0.4, 0.5) is 0 Å². The number of hydrogen-bond acceptors (Lipinski definition) is 2. The van der Waals surface area contributed by atoms with Gasteiger partial charge in [0.2, 0.25) is 0 Å². The van der Waals surface area contributed by atoms with E-state index >= 15 is 0 Å². The average molecular weight is 357 g/mol. The smallest absolute Gasteiger partial charge is 0.336 e. The lowest BCUT2D eigenvalue weighted by molar-refractivity contribution is 0.559. The third kappa shape index (κ3) is 2.73. The molecule has 0 aliphatic carbocycles. The van der Waals surface area contributed by atoms with E-state index in [1.165, 1.54) is 5.56 Å². The van der Waals surface area contributed by atoms with Crippen molar-refractivity contribution in [2.24, 2.45) is 0 Å². The first-order chi connectivity index (χ1) is 10.4. The maximum atomic E-state index is 11.9. The molecule has 0 saturated carbocycles. The monoisotopic (exact) mass is 356 g/mol. The minimum absolute atomic E-state index is 0.0372. The van der Waals surface area contributed by atoms with E-state index in [2.05, 4.69) is 42.8 Å². The second kappa shape index (κ2) is 5.40. The third-order valence-electron chi connectivity index (χ3n) is 3.77. The number of halogens is 1. The van der Waals surface area contributed by atoms with Gasteiger partial charge in [-0.3, -0.25) is 0 Å². The summed E-state index contributed by atoms with van der Waals surface area (Å²) in [5.74, 6) is 0. The summed E-state index contributed by atoms with van der Waals surface area (Å²) in [5.41, 5.74) is 3.42. The molecule has 0 bridgehead atoms. The highest BCUT2D eigenvalue weighted by molar-refractivity contribution is 9.10. The van der Waals surface area contributed by atoms with Crippen molar-refractivity contribution in [1.82, 2.24) is 0 Å². The molecule has 0 atom stereocenters. The molecule has 3 rings (SSSR count). The molecule has 0 aliphatic heterocycles. The standard InChI is InChI=1S/C19H17BrO2/c1-19(2,3)12-8-9-17-15(10-12)14(11-18(21)22-17)13-6-4-5-7-16(13)20/h4-11H,1-3H3. The highest BCUT2D eigenvalue weighted by atomic mass is 79.9. The van der Waals surface area contributed by atoms with Crippen LogP contribution in [0, 0.1) is 0 Å². The van der Waals surface area contributed by atoms with Crippen LogP contribution in [-0.2, 0) is 5.41 Å². The van der Waals surface area contributed by atoms with Gasteiger partial charge in [0.25, 0.3) is 0 Å². The molecule has 22 heavy (non-hydrogen) atoms. The van der Waals surface area contributed by atoms with Gasteiger partial charge in [-0.05, 0) is 34.7 Å². The van der Waals surface area contributed by atoms with Crippen LogP contribution in [0.15, 0.2) is 62.2 Å². The van der Waals surface area contributed by atoms with Gasteiger partial charge >= 0.3 is 5.63 Å². The van der Waals surface area contributed by atoms with E-state index in [-0.39, 0.29) is 11.0 Å². The zero-order valence-electron chi connectivity index (χ0n) is 12.8. The largest absolute Gasteiger partial charge is 0.423 e. The normalized spacial score (nSPS) is 11.8. The molecule has 0 saturated heterocycles. The first-order valence-electron chi connectivity index (χ1n) is 7.19. The first-order valence-corrected chi connectivity index (χ1v) is 7.99. The van der Waals surface area contributed by atoms with Crippen molar-refractivity contribution in [1.29, 1.82) is 0 Å². The molecule has 0 amide bonds. The Kier molecular flexibility index (Phi) is 3.69. The van der Waals surface area contributed by atoms with Crippen molar-refractivity contribution in [2.45, 2.75) is 26.2 Å². The quantitative estimate of drug-likeness (QED) is 0.537. The van der Waals surface area contributed by atoms with Crippen molar-refractivity contribution in [3.05, 3.63) is 69.0 Å². The van der Waals surface area contributed by atoms with Gasteiger partial charge < -0.3 is 4.42 Å². The fourth-order valence-electron chi connectivity index (χ4n) is 2.53. The summed E-state index contributed by atoms with van der Waals surface area (Å²) in [6.07, 6.45) is 0. The summed E-state index contributed by atoms with van der Waals surface area (Å²) in [6, 6.07) is 15.5. The second-order valence-electron chi connectivity index (χ2n) is 6.42. The van der Waals surface area contributed by atoms with Gasteiger partial charge in [0.05, 0.1) is 0 Å². The molecule has 3 aromatic rings. The number of rotatable bonds is 1. The molecular weight excluding hydrogens is 340 g/mol. The molecule has 1 heterocycles. The summed E-state index contributed by atoms with van der Waals surface area (Å²) in [6.45, 7) is 6.52. The minimum atomic E-state index is -0.332. The Morgan fingerprint density at radius 2 is 1.68 bits per heavy atom. The van der Waals surface area contributed by atoms with E-state index < -0.39 is 0 Å². The molecule has 3 heteroatoms. The summed E-state index contributed by atoms with van der Waals surface area (Å²) in [7, 11) is 0. The molecule has 2 aromatic carbocycles. The van der Waals surface area contributed by atoms with E-state index in [1.54, 1.807) is 6.07 Å². The lowest BCUT2D eigenvalue weighted by atomic mass is 9.85. The van der Waals surface area contributed by atoms with Crippen LogP contribution < -0.4 is 5.63 Å². The van der Waals surface area contributed by atoms with Gasteiger partial charge in [0.1, 0.15) is 5.58 Å². The van der Waals surface area contributed by atoms with Crippen LogP contribution >= 0.6 is 15.9 Å². The lowest BCUT2D eigenvalue weighted by Gasteiger charge is -2.20. The fraction of sp³-hybridized carbons (Fsp3) is 0.211. The minimum Gasteiger partial charge on any atom is -0.423 e. The molecular formula is C19H17BrO2. The maximum absolute atomic E-state index is 11.9. The summed E-state index contributed by atoms with van der Waals surface area (Å²) in [4.78, 5) is 11.9. The number of hydrogen-bond donors (Lipinski definition) is 0. The van der Waals surface area contributed by atoms with Gasteiger partial charge in [-0.25, -0.2) is 4.79 Å². The van der Waals surface area contributed by atoms with Gasteiger partial charge in [-0.15, -0.1) is 0 Å². The summed E-state index contributed by atoms with van der Waals surface area (Å²) < 4.78 is 6.32. The highest BCUT2D eigenvalue weighted by Crippen LogP contribution is 2.34. The SMILES string of the molecule is CC(C)(C)c1ccc2oc(=O)cc(-c3ccccc3Br)c2c1. The Bertz CT molecular complexity index is 901. The Labute approximate surface area is 137 Å². The molecule has 1 aromatic heterocycles. The van der Waals surface area contributed by atoms with Crippen LogP contribution in [0.1, 0.15) is 26.3 Å². The van der Waals surface area contributed by atoms with Crippen LogP contribution in [0.25, 0.3) is 22.1 Å². The Hall–Kier alpha value is -1.87. The highest BCUT2D eigenvalue weighted by Gasteiger charge is 2.17. The van der Waals surface area contributed by atoms with Crippen LogP contribution in [-0.4, -0.2) is 0 Å². The van der Waals surface area contributed by atoms with E-state index in [0.717, 1.165) is 21.0 Å². The Balaban J connectivity index is 2.38. The summed E-state index contributed by atoms with van der Waals surface area (Å²) in [5, 5.41) is 0.957. The molecule has 0 aliphatic rings. The third-order valence-corrected chi connectivity index (χ3v) is 4.46. The average Bonchev–Trinajstić information content (AvgIpc) is 2.45. The first kappa shape index (κ1) is 15.0. The van der Waals surface area contributed by atoms with Crippen molar-refractivity contribution in [3.63, 3.8) is 0 Å². The molecule has 2 nitrogen and oxygen atoms in total. The predicted octanol–water partition coefficient (Wildman–Crippen LogP) is 5.52. The van der Waals surface area contributed by atoms with Gasteiger partial charge in [0.15, 0.2) is 0 Å². The maximum Gasteiger partial charge on any atom is 0.336 e. The van der Waals surface area contributed by atoms with Gasteiger partial charge in [-0.1, -0.05) is 61.0 Å². The number of benzene rings is 2. The molecule has 0 radical (unpaired) electrons. The van der Waals surface area contributed by atoms with E-state index in [1.807, 2.05) is 36.4 Å². The van der Waals surface area contributed by atoms with Gasteiger partial charge in [0, 0.05) is 21.5 Å². The zero-order valence-corrected chi connectivity index (χ0v) is 14.4. The summed E-state index contributed by atoms with van der Waals surface area (Å²) >= 11 is 3.57. The lowest BCUT2D eigenvalue weighted by Crippen LogP contribution is -2.11. The second-order valence-corrected chi connectivity index (χ2v) is 7.27. The topological polar surface area (TPSA) is 30.2 Å². The molecule has 0 N–H and O–H groups in total. The molecule has 0 spiro atoms. The Morgan fingerprint density at radius 1 is 0.955 bits per heavy atom. The van der Waals surface area contributed by atoms with Crippen LogP contribution in [0.3, 0.4) is 0 Å². The number of fused-ring (bicyclic) bond motifs is 1. The van der Waals surface area contributed by atoms with Crippen molar-refractivity contribution < 1.29 is 4.42 Å². The van der Waals surface area contributed by atoms with E-state index in [4.69, 9.17) is 4.42 Å². The molecule has 0 fully saturated rings. The fourth-order valence-corrected chi connectivity index (χ4v) is 3.03. The van der Waals surface area contributed by atoms with Crippen molar-refractivity contribution in [2.75, 3.05) is 0 Å². The zero-order chi connectivity index (χ0) is 15.9. The van der Waals surface area contributed by atoms with Crippen molar-refractivity contribution in [3.8, 4) is 11.1 Å². The van der Waals surface area contributed by atoms with E-state index in [9.17, 15) is 4.79 Å². The van der Waals surface area contributed by atoms with Crippen LogP contribution in [0.2, 0.25) is 0 Å². The van der Waals surface area contributed by atoms with Crippen molar-refractivity contribution >= 4 is 26.9 Å². The van der Waals surface area contributed by atoms with E-state index in [0.29, 0.717) is 5.58 Å². The molecule has 112 valence electrons. The van der Waals surface area contributed by atoms with Crippen LogP contribution in [0.5, 0.6) is 0 Å². The Morgan fingerprint density at radius 3 is 2.36 bits per heavy atom. The molecule has 0 unspecified atom stereocenters. The van der Waals surface area contributed by atoms with Gasteiger partial charge in [-0.2, -0.15) is 0 Å². The predicted molar refractivity (Wildman–Crippen MR) is 94.3 cm³/mol.